The molecule has 0 aliphatic carbocycles. The lowest BCUT2D eigenvalue weighted by atomic mass is 9.79. The summed E-state index contributed by atoms with van der Waals surface area (Å²) in [7, 11) is 0. The third kappa shape index (κ3) is 4.80. The number of thiol groups is 1. The molecule has 0 N–H and O–H groups in total. The van der Waals surface area contributed by atoms with Gasteiger partial charge in [0.2, 0.25) is 0 Å². The van der Waals surface area contributed by atoms with Crippen LogP contribution in [0.3, 0.4) is 0 Å². The first-order chi connectivity index (χ1) is 9.07. The van der Waals surface area contributed by atoms with Crippen LogP contribution in [0, 0.1) is 0 Å². The Labute approximate surface area is 139 Å². The molecule has 2 heteroatoms. The molecule has 0 heterocycles. The minimum absolute atomic E-state index is 0.141. The molecule has 114 valence electrons. The highest BCUT2D eigenvalue weighted by atomic mass is 79.9. The summed E-state index contributed by atoms with van der Waals surface area (Å²) < 4.78 is 0. The van der Waals surface area contributed by atoms with Crippen molar-refractivity contribution in [2.45, 2.75) is 76.5 Å². The largest absolute Gasteiger partial charge is 0.143 e. The number of unbranched alkanes of at least 4 members (excludes halogenated alkanes) is 1. The summed E-state index contributed by atoms with van der Waals surface area (Å²) in [6.45, 7) is 13.6. The van der Waals surface area contributed by atoms with Crippen LogP contribution in [0.5, 0.6) is 0 Å². The lowest BCUT2D eigenvalue weighted by molar-refractivity contribution is 0.544. The van der Waals surface area contributed by atoms with E-state index in [1.165, 1.54) is 34.4 Å². The molecule has 0 atom stereocenters. The van der Waals surface area contributed by atoms with Gasteiger partial charge in [0.25, 0.3) is 0 Å². The van der Waals surface area contributed by atoms with Gasteiger partial charge in [-0.1, -0.05) is 69.6 Å². The molecule has 0 bridgehead atoms. The highest BCUT2D eigenvalue weighted by Gasteiger charge is 2.24. The van der Waals surface area contributed by atoms with Crippen molar-refractivity contribution in [2.24, 2.45) is 0 Å². The Hall–Kier alpha value is 0.0500. The van der Waals surface area contributed by atoms with Crippen LogP contribution in [0.15, 0.2) is 17.0 Å². The zero-order valence-corrected chi connectivity index (χ0v) is 16.3. The highest BCUT2D eigenvalue weighted by Crippen LogP contribution is 2.37. The minimum atomic E-state index is 0.141. The molecule has 0 fully saturated rings. The third-order valence-electron chi connectivity index (χ3n) is 3.63. The second-order valence-corrected chi connectivity index (χ2v) is 8.93. The summed E-state index contributed by atoms with van der Waals surface area (Å²) in [5.41, 5.74) is 4.49. The molecule has 0 unspecified atom stereocenters. The van der Waals surface area contributed by atoms with Gasteiger partial charge in [-0.15, -0.1) is 12.6 Å². The maximum Gasteiger partial charge on any atom is 0.0115 e. The topological polar surface area (TPSA) is 0 Å². The van der Waals surface area contributed by atoms with Crippen molar-refractivity contribution >= 4 is 28.6 Å². The molecule has 0 saturated carbocycles. The molecular formula is C18H29BrS. The lowest BCUT2D eigenvalue weighted by Gasteiger charge is -2.29. The molecule has 0 aromatic heterocycles. The fourth-order valence-corrected chi connectivity index (χ4v) is 3.60. The molecule has 0 aliphatic rings. The first kappa shape index (κ1) is 18.1. The average Bonchev–Trinajstić information content (AvgIpc) is 2.28. The molecule has 0 saturated heterocycles. The van der Waals surface area contributed by atoms with E-state index in [9.17, 15) is 0 Å². The summed E-state index contributed by atoms with van der Waals surface area (Å²) in [6, 6.07) is 4.73. The second kappa shape index (κ2) is 6.87. The summed E-state index contributed by atoms with van der Waals surface area (Å²) in [4.78, 5) is 1.18. The van der Waals surface area contributed by atoms with Crippen molar-refractivity contribution in [1.29, 1.82) is 0 Å². The van der Waals surface area contributed by atoms with E-state index in [1.807, 2.05) is 0 Å². The molecule has 20 heavy (non-hydrogen) atoms. The highest BCUT2D eigenvalue weighted by molar-refractivity contribution is 9.09. The van der Waals surface area contributed by atoms with Gasteiger partial charge in [-0.3, -0.25) is 0 Å². The Bertz CT molecular complexity index is 414. The van der Waals surface area contributed by atoms with Gasteiger partial charge in [0.05, 0.1) is 0 Å². The molecule has 0 aliphatic heterocycles. The van der Waals surface area contributed by atoms with Crippen molar-refractivity contribution in [1.82, 2.24) is 0 Å². The fraction of sp³-hybridized carbons (Fsp3) is 0.667. The monoisotopic (exact) mass is 356 g/mol. The Balaban J connectivity index is 3.28. The molecule has 1 rings (SSSR count). The number of halogens is 1. The van der Waals surface area contributed by atoms with Crippen LogP contribution >= 0.6 is 28.6 Å². The number of rotatable bonds is 4. The van der Waals surface area contributed by atoms with Gasteiger partial charge in [-0.2, -0.15) is 0 Å². The Morgan fingerprint density at radius 2 is 1.35 bits per heavy atom. The summed E-state index contributed by atoms with van der Waals surface area (Å²) in [6.07, 6.45) is 3.63. The van der Waals surface area contributed by atoms with Crippen LogP contribution in [0.2, 0.25) is 0 Å². The smallest absolute Gasteiger partial charge is 0.0115 e. The predicted molar refractivity (Wildman–Crippen MR) is 97.8 cm³/mol. The maximum atomic E-state index is 4.85. The lowest BCUT2D eigenvalue weighted by Crippen LogP contribution is -2.19. The van der Waals surface area contributed by atoms with Crippen LogP contribution in [0.25, 0.3) is 0 Å². The third-order valence-corrected chi connectivity index (χ3v) is 4.68. The standard InChI is InChI=1S/C18H29BrS/c1-17(2,3)14-11-13(9-7-8-10-19)12-15(16(14)20)18(4,5)6/h11-12,20H,7-10H2,1-6H3. The normalized spacial score (nSPS) is 12.8. The zero-order chi connectivity index (χ0) is 15.6. The van der Waals surface area contributed by atoms with Crippen LogP contribution in [-0.4, -0.2) is 5.33 Å². The van der Waals surface area contributed by atoms with Gasteiger partial charge in [0.15, 0.2) is 0 Å². The van der Waals surface area contributed by atoms with Gasteiger partial charge in [0.1, 0.15) is 0 Å². The van der Waals surface area contributed by atoms with Crippen molar-refractivity contribution in [2.75, 3.05) is 5.33 Å². The van der Waals surface area contributed by atoms with E-state index in [1.54, 1.807) is 0 Å². The second-order valence-electron chi connectivity index (χ2n) is 7.69. The fourth-order valence-electron chi connectivity index (χ4n) is 2.41. The quantitative estimate of drug-likeness (QED) is 0.365. The number of benzene rings is 1. The number of alkyl halides is 1. The Kier molecular flexibility index (Phi) is 6.22. The number of hydrogen-bond donors (Lipinski definition) is 1. The summed E-state index contributed by atoms with van der Waals surface area (Å²) in [5, 5.41) is 1.09. The number of hydrogen-bond acceptors (Lipinski definition) is 1. The average molecular weight is 357 g/mol. The molecular weight excluding hydrogens is 328 g/mol. The summed E-state index contributed by atoms with van der Waals surface area (Å²) in [5.74, 6) is 0. The van der Waals surface area contributed by atoms with E-state index in [4.69, 9.17) is 12.6 Å². The first-order valence-corrected chi connectivity index (χ1v) is 9.07. The van der Waals surface area contributed by atoms with Gasteiger partial charge in [-0.25, -0.2) is 0 Å². The molecule has 0 spiro atoms. The van der Waals surface area contributed by atoms with E-state index >= 15 is 0 Å². The zero-order valence-electron chi connectivity index (χ0n) is 13.8. The molecule has 0 nitrogen and oxygen atoms in total. The Morgan fingerprint density at radius 1 is 0.900 bits per heavy atom. The van der Waals surface area contributed by atoms with E-state index in [0.29, 0.717) is 0 Å². The van der Waals surface area contributed by atoms with Gasteiger partial charge >= 0.3 is 0 Å². The first-order valence-electron chi connectivity index (χ1n) is 7.50. The van der Waals surface area contributed by atoms with Gasteiger partial charge < -0.3 is 0 Å². The van der Waals surface area contributed by atoms with Crippen LogP contribution < -0.4 is 0 Å². The van der Waals surface area contributed by atoms with Crippen LogP contribution in [-0.2, 0) is 17.3 Å². The summed E-state index contributed by atoms with van der Waals surface area (Å²) >= 11 is 8.36. The SMILES string of the molecule is CC(C)(C)c1cc(CCCCBr)cc(C(C)(C)C)c1S. The van der Waals surface area contributed by atoms with Gasteiger partial charge in [-0.05, 0) is 46.8 Å². The number of aryl methyl sites for hydroxylation is 1. The predicted octanol–water partition coefficient (Wildman–Crippen LogP) is 6.29. The molecule has 0 radical (unpaired) electrons. The van der Waals surface area contributed by atoms with Crippen molar-refractivity contribution < 1.29 is 0 Å². The van der Waals surface area contributed by atoms with Crippen molar-refractivity contribution in [3.63, 3.8) is 0 Å². The van der Waals surface area contributed by atoms with Crippen LogP contribution in [0.4, 0.5) is 0 Å². The minimum Gasteiger partial charge on any atom is -0.143 e. The van der Waals surface area contributed by atoms with E-state index < -0.39 is 0 Å². The van der Waals surface area contributed by atoms with E-state index in [0.717, 1.165) is 11.8 Å². The van der Waals surface area contributed by atoms with E-state index in [-0.39, 0.29) is 10.8 Å². The van der Waals surface area contributed by atoms with E-state index in [2.05, 4.69) is 69.6 Å². The molecule has 1 aromatic carbocycles. The van der Waals surface area contributed by atoms with Gasteiger partial charge in [0, 0.05) is 10.2 Å². The maximum absolute atomic E-state index is 4.85. The molecule has 1 aromatic rings. The van der Waals surface area contributed by atoms with Crippen LogP contribution in [0.1, 0.15) is 71.1 Å². The van der Waals surface area contributed by atoms with Crippen molar-refractivity contribution in [3.05, 3.63) is 28.8 Å². The van der Waals surface area contributed by atoms with Crippen molar-refractivity contribution in [3.8, 4) is 0 Å². The molecule has 0 amide bonds. The Morgan fingerprint density at radius 3 is 1.70 bits per heavy atom.